The minimum atomic E-state index is -0.550. The van der Waals surface area contributed by atoms with E-state index < -0.39 is 6.10 Å². The number of aromatic amines is 1. The van der Waals surface area contributed by atoms with Gasteiger partial charge in [-0.3, -0.25) is 10.00 Å². The minimum absolute atomic E-state index is 0.282. The summed E-state index contributed by atoms with van der Waals surface area (Å²) in [5.74, 6) is 1.83. The van der Waals surface area contributed by atoms with E-state index in [-0.39, 0.29) is 18.7 Å². The molecule has 0 unspecified atom stereocenters. The van der Waals surface area contributed by atoms with E-state index in [1.807, 2.05) is 6.92 Å². The zero-order valence-electron chi connectivity index (χ0n) is 13.7. The highest BCUT2D eigenvalue weighted by atomic mass is 16.6. The first-order chi connectivity index (χ1) is 11.2. The van der Waals surface area contributed by atoms with E-state index in [0.29, 0.717) is 24.8 Å². The van der Waals surface area contributed by atoms with Crippen molar-refractivity contribution in [3.05, 3.63) is 11.6 Å². The van der Waals surface area contributed by atoms with Crippen molar-refractivity contribution < 1.29 is 14.6 Å². The highest BCUT2D eigenvalue weighted by Gasteiger charge is 2.38. The van der Waals surface area contributed by atoms with Gasteiger partial charge in [-0.1, -0.05) is 26.2 Å². The maximum Gasteiger partial charge on any atom is 0.410 e. The second-order valence-electron chi connectivity index (χ2n) is 6.63. The van der Waals surface area contributed by atoms with E-state index in [1.165, 1.54) is 19.3 Å². The molecule has 2 heterocycles. The molecule has 1 saturated heterocycles. The van der Waals surface area contributed by atoms with Gasteiger partial charge in [0.2, 0.25) is 0 Å². The Labute approximate surface area is 136 Å². The number of aliphatic hydroxyl groups is 1. The zero-order chi connectivity index (χ0) is 16.2. The predicted octanol–water partition coefficient (Wildman–Crippen LogP) is 2.19. The van der Waals surface area contributed by atoms with E-state index in [4.69, 9.17) is 4.74 Å². The second-order valence-corrected chi connectivity index (χ2v) is 6.63. The molecule has 2 fully saturated rings. The number of nitrogens with zero attached hydrogens (tertiary/aromatic N) is 3. The van der Waals surface area contributed by atoms with Crippen LogP contribution in [0.25, 0.3) is 0 Å². The summed E-state index contributed by atoms with van der Waals surface area (Å²) < 4.78 is 5.51. The smallest absolute Gasteiger partial charge is 0.410 e. The van der Waals surface area contributed by atoms with Crippen LogP contribution < -0.4 is 0 Å². The molecule has 1 aromatic rings. The van der Waals surface area contributed by atoms with Gasteiger partial charge in [0.05, 0.1) is 25.3 Å². The standard InChI is InChI=1S/C16H26N4O3/c1-2-14-17-15(19-18-14)13-8-12(21)9-20(13)16(22)23-10-11-6-4-3-5-7-11/h11-13,21H,2-10H2,1H3,(H,17,18,19)/t12-,13+/m1/s1. The summed E-state index contributed by atoms with van der Waals surface area (Å²) in [5, 5.41) is 17.0. The van der Waals surface area contributed by atoms with Gasteiger partial charge in [-0.2, -0.15) is 5.10 Å². The topological polar surface area (TPSA) is 91.3 Å². The van der Waals surface area contributed by atoms with Gasteiger partial charge in [0.15, 0.2) is 5.82 Å². The van der Waals surface area contributed by atoms with Crippen LogP contribution in [-0.2, 0) is 11.2 Å². The monoisotopic (exact) mass is 322 g/mol. The Balaban J connectivity index is 1.60. The van der Waals surface area contributed by atoms with Crippen molar-refractivity contribution in [2.24, 2.45) is 5.92 Å². The number of aliphatic hydroxyl groups excluding tert-OH is 1. The van der Waals surface area contributed by atoms with Gasteiger partial charge in [0, 0.05) is 12.8 Å². The molecular weight excluding hydrogens is 296 g/mol. The lowest BCUT2D eigenvalue weighted by atomic mass is 9.90. The first kappa shape index (κ1) is 16.2. The molecule has 0 spiro atoms. The van der Waals surface area contributed by atoms with E-state index in [1.54, 1.807) is 4.90 Å². The molecule has 3 rings (SSSR count). The number of H-pyrrole nitrogens is 1. The molecule has 0 aromatic carbocycles. The fourth-order valence-electron chi connectivity index (χ4n) is 3.50. The van der Waals surface area contributed by atoms with Gasteiger partial charge in [-0.05, 0) is 18.8 Å². The number of carbonyl (C=O) groups is 1. The summed E-state index contributed by atoms with van der Waals surface area (Å²) in [6, 6.07) is -0.305. The maximum absolute atomic E-state index is 12.4. The number of rotatable bonds is 4. The molecule has 23 heavy (non-hydrogen) atoms. The molecule has 0 radical (unpaired) electrons. The Kier molecular flexibility index (Phi) is 5.15. The number of nitrogens with one attached hydrogen (secondary N) is 1. The minimum Gasteiger partial charge on any atom is -0.449 e. The average Bonchev–Trinajstić information content (AvgIpc) is 3.19. The molecule has 2 atom stereocenters. The fourth-order valence-corrected chi connectivity index (χ4v) is 3.50. The maximum atomic E-state index is 12.4. The number of carbonyl (C=O) groups excluding carboxylic acids is 1. The summed E-state index contributed by atoms with van der Waals surface area (Å²) in [6.07, 6.45) is 6.32. The normalized spacial score (nSPS) is 25.7. The van der Waals surface area contributed by atoms with Crippen molar-refractivity contribution in [2.75, 3.05) is 13.2 Å². The lowest BCUT2D eigenvalue weighted by Crippen LogP contribution is -2.34. The first-order valence-electron chi connectivity index (χ1n) is 8.70. The second kappa shape index (κ2) is 7.29. The van der Waals surface area contributed by atoms with E-state index >= 15 is 0 Å². The molecule has 2 aliphatic rings. The third-order valence-corrected chi connectivity index (χ3v) is 4.86. The number of aromatic nitrogens is 3. The highest BCUT2D eigenvalue weighted by Crippen LogP contribution is 2.31. The average molecular weight is 322 g/mol. The van der Waals surface area contributed by atoms with E-state index in [9.17, 15) is 9.90 Å². The van der Waals surface area contributed by atoms with Crippen molar-refractivity contribution >= 4 is 6.09 Å². The highest BCUT2D eigenvalue weighted by molar-refractivity contribution is 5.68. The summed E-state index contributed by atoms with van der Waals surface area (Å²) in [5.41, 5.74) is 0. The van der Waals surface area contributed by atoms with Crippen LogP contribution in [-0.4, -0.2) is 50.5 Å². The molecule has 7 nitrogen and oxygen atoms in total. The number of ether oxygens (including phenoxy) is 1. The third kappa shape index (κ3) is 3.83. The van der Waals surface area contributed by atoms with Crippen LogP contribution in [0.5, 0.6) is 0 Å². The quantitative estimate of drug-likeness (QED) is 0.886. The van der Waals surface area contributed by atoms with Crippen LogP contribution in [0, 0.1) is 5.92 Å². The number of amides is 1. The summed E-state index contributed by atoms with van der Waals surface area (Å²) >= 11 is 0. The first-order valence-corrected chi connectivity index (χ1v) is 8.70. The van der Waals surface area contributed by atoms with Gasteiger partial charge >= 0.3 is 6.09 Å². The van der Waals surface area contributed by atoms with Crippen molar-refractivity contribution in [3.8, 4) is 0 Å². The van der Waals surface area contributed by atoms with E-state index in [0.717, 1.165) is 25.1 Å². The summed E-state index contributed by atoms with van der Waals surface area (Å²) in [6.45, 7) is 2.75. The Morgan fingerprint density at radius 2 is 2.17 bits per heavy atom. The Hall–Kier alpha value is -1.63. The molecule has 1 amide bonds. The Morgan fingerprint density at radius 1 is 1.39 bits per heavy atom. The van der Waals surface area contributed by atoms with Crippen LogP contribution >= 0.6 is 0 Å². The van der Waals surface area contributed by atoms with Crippen molar-refractivity contribution in [3.63, 3.8) is 0 Å². The molecule has 0 bridgehead atoms. The van der Waals surface area contributed by atoms with Crippen molar-refractivity contribution in [2.45, 2.75) is 64.0 Å². The number of hydrogen-bond donors (Lipinski definition) is 2. The number of hydrogen-bond acceptors (Lipinski definition) is 5. The van der Waals surface area contributed by atoms with Crippen LogP contribution in [0.2, 0.25) is 0 Å². The molecule has 1 saturated carbocycles. The van der Waals surface area contributed by atoms with Crippen LogP contribution in [0.1, 0.15) is 63.1 Å². The van der Waals surface area contributed by atoms with E-state index in [2.05, 4.69) is 15.2 Å². The third-order valence-electron chi connectivity index (χ3n) is 4.86. The summed E-state index contributed by atoms with van der Waals surface area (Å²) in [7, 11) is 0. The largest absolute Gasteiger partial charge is 0.449 e. The number of likely N-dealkylation sites (tertiary alicyclic amines) is 1. The number of aryl methyl sites for hydroxylation is 1. The van der Waals surface area contributed by atoms with Gasteiger partial charge in [-0.15, -0.1) is 0 Å². The molecule has 7 heteroatoms. The molecule has 2 N–H and O–H groups in total. The van der Waals surface area contributed by atoms with Gasteiger partial charge in [-0.25, -0.2) is 9.78 Å². The van der Waals surface area contributed by atoms with Crippen LogP contribution in [0.3, 0.4) is 0 Å². The lowest BCUT2D eigenvalue weighted by Gasteiger charge is -2.25. The van der Waals surface area contributed by atoms with Gasteiger partial charge in [0.1, 0.15) is 5.82 Å². The molecule has 128 valence electrons. The summed E-state index contributed by atoms with van der Waals surface area (Å²) in [4.78, 5) is 18.4. The van der Waals surface area contributed by atoms with Crippen LogP contribution in [0.4, 0.5) is 4.79 Å². The van der Waals surface area contributed by atoms with Crippen molar-refractivity contribution in [1.29, 1.82) is 0 Å². The Bertz CT molecular complexity index is 527. The van der Waals surface area contributed by atoms with Crippen LogP contribution in [0.15, 0.2) is 0 Å². The fraction of sp³-hybridized carbons (Fsp3) is 0.812. The molecule has 1 aliphatic heterocycles. The molecular formula is C16H26N4O3. The lowest BCUT2D eigenvalue weighted by molar-refractivity contribution is 0.0727. The zero-order valence-corrected chi connectivity index (χ0v) is 13.7. The molecule has 1 aliphatic carbocycles. The van der Waals surface area contributed by atoms with Crippen molar-refractivity contribution in [1.82, 2.24) is 20.1 Å². The van der Waals surface area contributed by atoms with Gasteiger partial charge in [0.25, 0.3) is 0 Å². The van der Waals surface area contributed by atoms with Gasteiger partial charge < -0.3 is 9.84 Å². The number of β-amino-alcohol motifs (C(OH)–C–C–N with tert-alkyl or cyclic N) is 1. The Morgan fingerprint density at radius 3 is 2.87 bits per heavy atom. The molecule has 1 aromatic heterocycles. The predicted molar refractivity (Wildman–Crippen MR) is 83.8 cm³/mol. The SMILES string of the molecule is CCc1nc([C@@H]2C[C@@H](O)CN2C(=O)OCC2CCCCC2)n[nH]1.